The number of carboxylic acid groups (broad SMARTS) is 5. The lowest BCUT2D eigenvalue weighted by Crippen LogP contribution is -2.50. The minimum atomic E-state index is -1.73. The van der Waals surface area contributed by atoms with Crippen molar-refractivity contribution in [1.82, 2.24) is 21.3 Å². The number of carboxylic acids is 5. The molecule has 1 aromatic rings. The summed E-state index contributed by atoms with van der Waals surface area (Å²) in [5.74, 6) is -16.1. The van der Waals surface area contributed by atoms with Crippen LogP contribution >= 0.6 is 0 Å². The largest absolute Gasteiger partial charge is 0.481 e. The smallest absolute Gasteiger partial charge is 0.303 e. The van der Waals surface area contributed by atoms with E-state index in [-0.39, 0.29) is 69.2 Å². The normalized spacial score (nSPS) is 13.6. The topological polar surface area (TPSA) is 425 Å². The summed E-state index contributed by atoms with van der Waals surface area (Å²) in [5, 5.41) is 56.7. The van der Waals surface area contributed by atoms with E-state index < -0.39 is 172 Å². The molecule has 6 atom stereocenters. The van der Waals surface area contributed by atoms with Gasteiger partial charge in [-0.05, 0) is 62.8 Å². The summed E-state index contributed by atoms with van der Waals surface area (Å²) < 4.78 is 16.4. The van der Waals surface area contributed by atoms with Gasteiger partial charge in [-0.2, -0.15) is 0 Å². The maximum absolute atomic E-state index is 14.1. The van der Waals surface area contributed by atoms with Crippen molar-refractivity contribution >= 4 is 76.6 Å². The first-order valence-electron chi connectivity index (χ1n) is 25.5. The van der Waals surface area contributed by atoms with Crippen LogP contribution in [0.5, 0.6) is 0 Å². The highest BCUT2D eigenvalue weighted by molar-refractivity contribution is 5.97. The molecule has 26 nitrogen and oxygen atoms in total. The number of carbonyl (C=O) groups is 13. The number of amides is 4. The Bertz CT molecular complexity index is 2210. The minimum Gasteiger partial charge on any atom is -0.481 e. The zero-order valence-electron chi connectivity index (χ0n) is 44.7. The Morgan fingerprint density at radius 1 is 0.526 bits per heavy atom. The average Bonchev–Trinajstić information content (AvgIpc) is 3.35. The van der Waals surface area contributed by atoms with Crippen LogP contribution in [0, 0.1) is 17.3 Å². The van der Waals surface area contributed by atoms with Gasteiger partial charge < -0.3 is 66.7 Å². The molecule has 0 fully saturated rings. The fourth-order valence-electron chi connectivity index (χ4n) is 7.40. The summed E-state index contributed by atoms with van der Waals surface area (Å²) in [6.07, 6.45) is -7.62. The number of ether oxygens (including phenoxy) is 3. The van der Waals surface area contributed by atoms with E-state index in [1.165, 1.54) is 19.1 Å². The van der Waals surface area contributed by atoms with Crippen LogP contribution in [0.1, 0.15) is 134 Å². The van der Waals surface area contributed by atoms with E-state index in [4.69, 9.17) is 25.1 Å². The molecule has 1 rings (SSSR count). The molecule has 0 heterocycles. The maximum Gasteiger partial charge on any atom is 0.303 e. The van der Waals surface area contributed by atoms with E-state index in [0.29, 0.717) is 30.9 Å². The molecule has 1 aromatic carbocycles. The highest BCUT2D eigenvalue weighted by Crippen LogP contribution is 2.21. The Labute approximate surface area is 451 Å². The van der Waals surface area contributed by atoms with Crippen LogP contribution in [0.2, 0.25) is 0 Å². The highest BCUT2D eigenvalue weighted by Gasteiger charge is 2.34. The summed E-state index contributed by atoms with van der Waals surface area (Å²) in [7, 11) is 0. The standard InChI is InChI=1S/C52H77N5O21/c1-31(58)33-9-7-32(8-10-33)26-39(40(59)6-5-22-76-24-25-77-29-43(62)54-21-23-78-30-52(2,3)4)57-50(74)35(12-17-45(65)66)28-41(60)37(14-19-47(69)70)55-49(73)34(11-16-44(63)64)27-42(61)38(15-20-48(71)72)56-51(75)36(53)13-18-46(67)68/h7-10,34-39H,5-6,11-30,53H2,1-4H3,(H,54,62)(H,55,73)(H,56,75)(H,57,74)(H,63,64)(H,65,66)(H,67,68)(H,69,70)(H,71,72)/t34-,35-,36+,37+,38+,39-/m0/s1. The molecule has 11 N–H and O–H groups in total. The van der Waals surface area contributed by atoms with Gasteiger partial charge in [0.15, 0.2) is 23.1 Å². The predicted molar refractivity (Wildman–Crippen MR) is 274 cm³/mol. The van der Waals surface area contributed by atoms with E-state index in [0.717, 1.165) is 0 Å². The lowest BCUT2D eigenvalue weighted by atomic mass is 9.89. The molecule has 0 bridgehead atoms. The Hall–Kier alpha value is -7.03. The molecule has 78 heavy (non-hydrogen) atoms. The van der Waals surface area contributed by atoms with E-state index in [2.05, 4.69) is 21.3 Å². The third-order valence-electron chi connectivity index (χ3n) is 11.7. The van der Waals surface area contributed by atoms with Gasteiger partial charge in [-0.3, -0.25) is 62.3 Å². The minimum absolute atomic E-state index is 0.0129. The van der Waals surface area contributed by atoms with Crippen molar-refractivity contribution in [2.75, 3.05) is 46.2 Å². The number of carbonyl (C=O) groups excluding carboxylic acids is 8. The Morgan fingerprint density at radius 3 is 1.45 bits per heavy atom. The van der Waals surface area contributed by atoms with Gasteiger partial charge in [0, 0.05) is 81.9 Å². The van der Waals surface area contributed by atoms with Crippen molar-refractivity contribution in [3.8, 4) is 0 Å². The molecule has 0 saturated carbocycles. The first kappa shape index (κ1) is 69.0. The van der Waals surface area contributed by atoms with E-state index in [9.17, 15) is 82.8 Å². The fourth-order valence-corrected chi connectivity index (χ4v) is 7.40. The molecule has 0 aliphatic carbocycles. The first-order valence-corrected chi connectivity index (χ1v) is 25.5. The molecule has 436 valence electrons. The number of Topliss-reactive ketones (excluding diaryl/α,β-unsaturated/α-hetero) is 4. The average molecular weight is 1110 g/mol. The van der Waals surface area contributed by atoms with Gasteiger partial charge in [0.05, 0.1) is 50.6 Å². The molecule has 0 spiro atoms. The van der Waals surface area contributed by atoms with Gasteiger partial charge in [0.1, 0.15) is 6.61 Å². The van der Waals surface area contributed by atoms with E-state index >= 15 is 0 Å². The Balaban J connectivity index is 3.32. The van der Waals surface area contributed by atoms with Gasteiger partial charge in [0.2, 0.25) is 23.6 Å². The van der Waals surface area contributed by atoms with Crippen molar-refractivity contribution in [3.63, 3.8) is 0 Å². The zero-order valence-corrected chi connectivity index (χ0v) is 44.7. The quantitative estimate of drug-likeness (QED) is 0.0325. The van der Waals surface area contributed by atoms with Crippen molar-refractivity contribution in [1.29, 1.82) is 0 Å². The lowest BCUT2D eigenvalue weighted by Gasteiger charge is -2.25. The molecule has 26 heteroatoms. The number of ketones is 4. The van der Waals surface area contributed by atoms with Crippen LogP contribution < -0.4 is 27.0 Å². The summed E-state index contributed by atoms with van der Waals surface area (Å²) in [6.45, 7) is 8.59. The monoisotopic (exact) mass is 1110 g/mol. The number of aliphatic carboxylic acids is 5. The zero-order chi connectivity index (χ0) is 59.0. The van der Waals surface area contributed by atoms with Gasteiger partial charge in [0.25, 0.3) is 0 Å². The molecule has 0 unspecified atom stereocenters. The number of hydrogen-bond acceptors (Lipinski definition) is 17. The van der Waals surface area contributed by atoms with Crippen LogP contribution in [-0.4, -0.2) is 172 Å². The molecule has 0 aromatic heterocycles. The highest BCUT2D eigenvalue weighted by atomic mass is 16.5. The van der Waals surface area contributed by atoms with Gasteiger partial charge >= 0.3 is 29.8 Å². The van der Waals surface area contributed by atoms with Crippen LogP contribution in [0.15, 0.2) is 24.3 Å². The third-order valence-corrected chi connectivity index (χ3v) is 11.7. The summed E-state index contributed by atoms with van der Waals surface area (Å²) in [4.78, 5) is 164. The second kappa shape index (κ2) is 36.9. The molecule has 0 saturated heterocycles. The number of benzene rings is 1. The fraction of sp³-hybridized carbons (Fsp3) is 0.635. The summed E-state index contributed by atoms with van der Waals surface area (Å²) >= 11 is 0. The van der Waals surface area contributed by atoms with Crippen LogP contribution in [0.4, 0.5) is 0 Å². The molecule has 0 aliphatic rings. The van der Waals surface area contributed by atoms with Gasteiger partial charge in [-0.15, -0.1) is 0 Å². The molecule has 0 aliphatic heterocycles. The van der Waals surface area contributed by atoms with Gasteiger partial charge in [-0.25, -0.2) is 0 Å². The Morgan fingerprint density at radius 2 is 0.974 bits per heavy atom. The molecular weight excluding hydrogens is 1030 g/mol. The number of rotatable bonds is 44. The second-order valence-electron chi connectivity index (χ2n) is 19.8. The molecule has 0 radical (unpaired) electrons. The summed E-state index contributed by atoms with van der Waals surface area (Å²) in [5.41, 5.74) is 6.62. The van der Waals surface area contributed by atoms with Crippen LogP contribution in [0.3, 0.4) is 0 Å². The van der Waals surface area contributed by atoms with Crippen LogP contribution in [0.25, 0.3) is 0 Å². The lowest BCUT2D eigenvalue weighted by molar-refractivity contribution is -0.141. The maximum atomic E-state index is 14.1. The van der Waals surface area contributed by atoms with Crippen molar-refractivity contribution in [2.45, 2.75) is 148 Å². The molecular formula is C52H77N5O21. The second-order valence-corrected chi connectivity index (χ2v) is 19.8. The third kappa shape index (κ3) is 31.9. The van der Waals surface area contributed by atoms with Crippen LogP contribution in [-0.2, 0) is 78.2 Å². The Kier molecular flexibility index (Phi) is 32.6. The SMILES string of the molecule is CC(=O)c1ccc(C[C@H](NC(=O)[C@@H](CCC(=O)O)CC(=O)[C@@H](CCC(=O)O)NC(=O)[C@@H](CCC(=O)O)CC(=O)[C@@H](CCC(=O)O)NC(=O)[C@H](N)CCC(=O)O)C(=O)CCCOCCOCC(=O)NCCOCC(C)(C)C)cc1. The van der Waals surface area contributed by atoms with Crippen molar-refractivity contribution < 1.29 is 102 Å². The first-order chi connectivity index (χ1) is 36.6. The number of hydrogen-bond donors (Lipinski definition) is 10. The number of nitrogens with one attached hydrogen (secondary N) is 4. The number of nitrogens with two attached hydrogens (primary N) is 1. The van der Waals surface area contributed by atoms with Gasteiger partial charge in [-0.1, -0.05) is 45.0 Å². The predicted octanol–water partition coefficient (Wildman–Crippen LogP) is 1.25. The summed E-state index contributed by atoms with van der Waals surface area (Å²) in [6, 6.07) is 0.112. The van der Waals surface area contributed by atoms with Crippen molar-refractivity contribution in [2.24, 2.45) is 23.0 Å². The van der Waals surface area contributed by atoms with E-state index in [1.807, 2.05) is 20.8 Å². The molecule has 4 amide bonds. The van der Waals surface area contributed by atoms with E-state index in [1.54, 1.807) is 12.1 Å². The van der Waals surface area contributed by atoms with Crippen molar-refractivity contribution in [3.05, 3.63) is 35.4 Å².